The molecule has 0 saturated carbocycles. The fourth-order valence-corrected chi connectivity index (χ4v) is 2.91. The predicted molar refractivity (Wildman–Crippen MR) is 68.9 cm³/mol. The van der Waals surface area contributed by atoms with Crippen LogP contribution in [0, 0.1) is 0 Å². The molecule has 4 nitrogen and oxygen atoms in total. The summed E-state index contributed by atoms with van der Waals surface area (Å²) in [6.07, 6.45) is 3.54. The maximum absolute atomic E-state index is 12.5. The van der Waals surface area contributed by atoms with Crippen molar-refractivity contribution in [2.75, 3.05) is 13.2 Å². The van der Waals surface area contributed by atoms with E-state index < -0.39 is 5.60 Å². The lowest BCUT2D eigenvalue weighted by atomic mass is 9.95. The van der Waals surface area contributed by atoms with E-state index in [1.165, 1.54) is 0 Å². The number of ether oxygens (including phenoxy) is 1. The zero-order valence-corrected chi connectivity index (χ0v) is 11.5. The number of carbonyl (C=O) groups excluding carboxylic acids is 1. The molecular formula is C14H23NO3. The SMILES string of the molecule is CC1=C(C(=O)N2CCCC2C(C)(C)O)CCCO1. The van der Waals surface area contributed by atoms with Gasteiger partial charge in [0.1, 0.15) is 5.76 Å². The Labute approximate surface area is 109 Å². The number of nitrogens with zero attached hydrogens (tertiary/aromatic N) is 1. The van der Waals surface area contributed by atoms with Gasteiger partial charge >= 0.3 is 0 Å². The molecule has 0 radical (unpaired) electrons. The number of likely N-dealkylation sites (tertiary alicyclic amines) is 1. The van der Waals surface area contributed by atoms with Gasteiger partial charge in [-0.3, -0.25) is 4.79 Å². The second-order valence-corrected chi connectivity index (χ2v) is 5.80. The molecule has 0 aromatic rings. The van der Waals surface area contributed by atoms with E-state index in [0.29, 0.717) is 6.61 Å². The van der Waals surface area contributed by atoms with Gasteiger partial charge in [-0.05, 0) is 46.5 Å². The van der Waals surface area contributed by atoms with Crippen LogP contribution in [-0.4, -0.2) is 40.7 Å². The highest BCUT2D eigenvalue weighted by Crippen LogP contribution is 2.30. The summed E-state index contributed by atoms with van der Waals surface area (Å²) in [6, 6.07) is -0.0766. The van der Waals surface area contributed by atoms with E-state index in [9.17, 15) is 9.90 Å². The van der Waals surface area contributed by atoms with Gasteiger partial charge in [0, 0.05) is 6.54 Å². The number of rotatable bonds is 2. The van der Waals surface area contributed by atoms with Gasteiger partial charge in [0.25, 0.3) is 5.91 Å². The van der Waals surface area contributed by atoms with Crippen LogP contribution in [0.4, 0.5) is 0 Å². The first-order valence-electron chi connectivity index (χ1n) is 6.77. The molecule has 18 heavy (non-hydrogen) atoms. The Bertz CT molecular complexity index is 368. The van der Waals surface area contributed by atoms with Crippen molar-refractivity contribution in [3.8, 4) is 0 Å². The summed E-state index contributed by atoms with van der Waals surface area (Å²) >= 11 is 0. The Morgan fingerprint density at radius 2 is 2.17 bits per heavy atom. The molecule has 1 atom stereocenters. The number of amides is 1. The third-order valence-electron chi connectivity index (χ3n) is 3.90. The minimum Gasteiger partial charge on any atom is -0.498 e. The molecule has 2 rings (SSSR count). The lowest BCUT2D eigenvalue weighted by molar-refractivity contribution is -0.133. The molecule has 102 valence electrons. The van der Waals surface area contributed by atoms with Crippen LogP contribution in [0.5, 0.6) is 0 Å². The molecule has 0 aromatic carbocycles. The van der Waals surface area contributed by atoms with Crippen molar-refractivity contribution >= 4 is 5.91 Å². The fraction of sp³-hybridized carbons (Fsp3) is 0.786. The van der Waals surface area contributed by atoms with E-state index in [0.717, 1.165) is 43.6 Å². The lowest BCUT2D eigenvalue weighted by Crippen LogP contribution is -2.48. The number of aliphatic hydroxyl groups is 1. The minimum absolute atomic E-state index is 0.0526. The smallest absolute Gasteiger partial charge is 0.253 e. The molecular weight excluding hydrogens is 230 g/mol. The van der Waals surface area contributed by atoms with Gasteiger partial charge in [-0.1, -0.05) is 0 Å². The maximum atomic E-state index is 12.5. The van der Waals surface area contributed by atoms with Crippen LogP contribution in [0.3, 0.4) is 0 Å². The van der Waals surface area contributed by atoms with Crippen molar-refractivity contribution in [2.45, 2.75) is 58.1 Å². The highest BCUT2D eigenvalue weighted by Gasteiger charge is 2.39. The van der Waals surface area contributed by atoms with Gasteiger partial charge in [0.15, 0.2) is 0 Å². The molecule has 1 unspecified atom stereocenters. The maximum Gasteiger partial charge on any atom is 0.253 e. The highest BCUT2D eigenvalue weighted by atomic mass is 16.5. The lowest BCUT2D eigenvalue weighted by Gasteiger charge is -2.35. The summed E-state index contributed by atoms with van der Waals surface area (Å²) in [5.41, 5.74) is -0.0479. The molecule has 1 amide bonds. The minimum atomic E-state index is -0.837. The molecule has 0 bridgehead atoms. The van der Waals surface area contributed by atoms with Crippen molar-refractivity contribution in [1.29, 1.82) is 0 Å². The predicted octanol–water partition coefficient (Wildman–Crippen LogP) is 1.83. The standard InChI is InChI=1S/C14H23NO3/c1-10-11(6-5-9-18-10)13(16)15-8-4-7-12(15)14(2,3)17/h12,17H,4-9H2,1-3H3. The van der Waals surface area contributed by atoms with Crippen LogP contribution < -0.4 is 0 Å². The van der Waals surface area contributed by atoms with Crippen molar-refractivity contribution < 1.29 is 14.6 Å². The quantitative estimate of drug-likeness (QED) is 0.817. The van der Waals surface area contributed by atoms with Crippen molar-refractivity contribution in [3.63, 3.8) is 0 Å². The largest absolute Gasteiger partial charge is 0.498 e. The Morgan fingerprint density at radius 1 is 1.44 bits per heavy atom. The molecule has 1 N–H and O–H groups in total. The zero-order chi connectivity index (χ0) is 13.3. The summed E-state index contributed by atoms with van der Waals surface area (Å²) in [7, 11) is 0. The van der Waals surface area contributed by atoms with E-state index >= 15 is 0 Å². The topological polar surface area (TPSA) is 49.8 Å². The Hall–Kier alpha value is -1.03. The van der Waals surface area contributed by atoms with Crippen molar-refractivity contribution in [1.82, 2.24) is 4.90 Å². The molecule has 0 spiro atoms. The van der Waals surface area contributed by atoms with Gasteiger partial charge in [-0.15, -0.1) is 0 Å². The van der Waals surface area contributed by atoms with E-state index in [2.05, 4.69) is 0 Å². The van der Waals surface area contributed by atoms with Gasteiger partial charge in [-0.25, -0.2) is 0 Å². The third-order valence-corrected chi connectivity index (χ3v) is 3.90. The van der Waals surface area contributed by atoms with E-state index in [-0.39, 0.29) is 11.9 Å². The summed E-state index contributed by atoms with van der Waals surface area (Å²) in [4.78, 5) is 14.4. The number of allylic oxidation sites excluding steroid dienone is 1. The van der Waals surface area contributed by atoms with Crippen LogP contribution >= 0.6 is 0 Å². The van der Waals surface area contributed by atoms with Gasteiger partial charge in [0.2, 0.25) is 0 Å². The molecule has 2 heterocycles. The molecule has 2 aliphatic heterocycles. The fourth-order valence-electron chi connectivity index (χ4n) is 2.91. The number of hydrogen-bond acceptors (Lipinski definition) is 3. The number of hydrogen-bond donors (Lipinski definition) is 1. The van der Waals surface area contributed by atoms with Crippen LogP contribution in [0.15, 0.2) is 11.3 Å². The van der Waals surface area contributed by atoms with Crippen molar-refractivity contribution in [3.05, 3.63) is 11.3 Å². The van der Waals surface area contributed by atoms with Crippen LogP contribution in [0.25, 0.3) is 0 Å². The van der Waals surface area contributed by atoms with Gasteiger partial charge in [0.05, 0.1) is 23.8 Å². The first kappa shape index (κ1) is 13.4. The Kier molecular flexibility index (Phi) is 3.66. The zero-order valence-electron chi connectivity index (χ0n) is 11.5. The van der Waals surface area contributed by atoms with Crippen LogP contribution in [-0.2, 0) is 9.53 Å². The van der Waals surface area contributed by atoms with Crippen molar-refractivity contribution in [2.24, 2.45) is 0 Å². The molecule has 1 fully saturated rings. The molecule has 0 aliphatic carbocycles. The van der Waals surface area contributed by atoms with Gasteiger partial charge in [-0.2, -0.15) is 0 Å². The third kappa shape index (κ3) is 2.53. The number of carbonyl (C=O) groups is 1. The second-order valence-electron chi connectivity index (χ2n) is 5.80. The Morgan fingerprint density at radius 3 is 2.78 bits per heavy atom. The molecule has 1 saturated heterocycles. The molecule has 4 heteroatoms. The van der Waals surface area contributed by atoms with Crippen LogP contribution in [0.2, 0.25) is 0 Å². The average Bonchev–Trinajstić information content (AvgIpc) is 2.77. The first-order chi connectivity index (χ1) is 8.41. The van der Waals surface area contributed by atoms with E-state index in [4.69, 9.17) is 4.74 Å². The summed E-state index contributed by atoms with van der Waals surface area (Å²) in [5.74, 6) is 0.810. The highest BCUT2D eigenvalue weighted by molar-refractivity contribution is 5.94. The summed E-state index contributed by atoms with van der Waals surface area (Å²) in [5, 5.41) is 10.2. The second kappa shape index (κ2) is 4.92. The first-order valence-corrected chi connectivity index (χ1v) is 6.77. The monoisotopic (exact) mass is 253 g/mol. The molecule has 2 aliphatic rings. The van der Waals surface area contributed by atoms with Gasteiger partial charge < -0.3 is 14.7 Å². The molecule has 0 aromatic heterocycles. The van der Waals surface area contributed by atoms with E-state index in [1.54, 1.807) is 13.8 Å². The van der Waals surface area contributed by atoms with E-state index in [1.807, 2.05) is 11.8 Å². The summed E-state index contributed by atoms with van der Waals surface area (Å²) in [6.45, 7) is 6.87. The Balaban J connectivity index is 2.18. The average molecular weight is 253 g/mol. The van der Waals surface area contributed by atoms with Crippen LogP contribution in [0.1, 0.15) is 46.5 Å². The summed E-state index contributed by atoms with van der Waals surface area (Å²) < 4.78 is 5.46. The normalized spacial score (nSPS) is 25.3.